The molecule has 5 rings (SSSR count). The van der Waals surface area contributed by atoms with Gasteiger partial charge in [0.2, 0.25) is 17.7 Å². The van der Waals surface area contributed by atoms with Gasteiger partial charge in [0.25, 0.3) is 0 Å². The average molecular weight is 618 g/mol. The molecule has 14 heteroatoms. The maximum absolute atomic E-state index is 12.9. The van der Waals surface area contributed by atoms with Crippen LogP contribution in [0.4, 0.5) is 0 Å². The number of fused-ring (bicyclic) bond motifs is 2. The Morgan fingerprint density at radius 2 is 1.73 bits per heavy atom. The molecule has 1 saturated heterocycles. The van der Waals surface area contributed by atoms with Crippen LogP contribution >= 0.6 is 0 Å². The number of ether oxygens (including phenoxy) is 1. The van der Waals surface area contributed by atoms with Gasteiger partial charge in [-0.1, -0.05) is 24.3 Å². The first-order chi connectivity index (χ1) is 21.6. The summed E-state index contributed by atoms with van der Waals surface area (Å²) in [5.74, 6) is -2.75. The molecule has 0 spiro atoms. The van der Waals surface area contributed by atoms with Gasteiger partial charge in [-0.05, 0) is 36.1 Å². The van der Waals surface area contributed by atoms with Gasteiger partial charge in [0.15, 0.2) is 0 Å². The van der Waals surface area contributed by atoms with E-state index in [0.29, 0.717) is 25.9 Å². The van der Waals surface area contributed by atoms with Crippen LogP contribution in [0.3, 0.4) is 0 Å². The summed E-state index contributed by atoms with van der Waals surface area (Å²) in [5, 5.41) is 25.1. The van der Waals surface area contributed by atoms with Crippen LogP contribution in [0.2, 0.25) is 0 Å². The third-order valence-electron chi connectivity index (χ3n) is 8.05. The van der Waals surface area contributed by atoms with Crippen LogP contribution in [-0.4, -0.2) is 92.5 Å². The van der Waals surface area contributed by atoms with E-state index < -0.39 is 23.8 Å². The lowest BCUT2D eigenvalue weighted by Gasteiger charge is -2.31. The molecular weight excluding hydrogens is 582 g/mol. The second-order valence-corrected chi connectivity index (χ2v) is 11.0. The van der Waals surface area contributed by atoms with Gasteiger partial charge in [-0.3, -0.25) is 33.3 Å². The first-order valence-electron chi connectivity index (χ1n) is 14.7. The number of benzene rings is 2. The molecule has 0 aliphatic carbocycles. The Bertz CT molecular complexity index is 1770. The lowest BCUT2D eigenvalue weighted by atomic mass is 9.89. The minimum absolute atomic E-state index is 0.00832. The van der Waals surface area contributed by atoms with Crippen LogP contribution < -0.4 is 10.6 Å². The van der Waals surface area contributed by atoms with Crippen molar-refractivity contribution in [1.29, 1.82) is 0 Å². The first-order valence-corrected chi connectivity index (χ1v) is 14.7. The summed E-state index contributed by atoms with van der Waals surface area (Å²) in [6, 6.07) is 11.9. The smallest absolute Gasteiger partial charge is 0.325 e. The number of aliphatic carboxylic acids is 1. The normalized spacial score (nSPS) is 13.6. The predicted molar refractivity (Wildman–Crippen MR) is 163 cm³/mol. The molecule has 0 radical (unpaired) electrons. The number of hydrogen-bond acceptors (Lipinski definition) is 8. The van der Waals surface area contributed by atoms with Gasteiger partial charge in [-0.25, -0.2) is 0 Å². The Morgan fingerprint density at radius 1 is 0.978 bits per heavy atom. The molecule has 3 heterocycles. The van der Waals surface area contributed by atoms with Crippen LogP contribution in [0.15, 0.2) is 42.6 Å². The third kappa shape index (κ3) is 7.11. The maximum atomic E-state index is 12.9. The number of rotatable bonds is 11. The predicted octanol–water partition coefficient (Wildman–Crippen LogP) is 1.57. The fourth-order valence-electron chi connectivity index (χ4n) is 5.67. The second-order valence-electron chi connectivity index (χ2n) is 11.0. The molecule has 0 atom stereocenters. The number of carbonyl (C=O) groups excluding carboxylic acids is 4. The fraction of sp³-hybridized carbons (Fsp3) is 0.387. The first kappa shape index (κ1) is 31.2. The summed E-state index contributed by atoms with van der Waals surface area (Å²) in [5.41, 5.74) is 4.44. The molecule has 0 bridgehead atoms. The Balaban J connectivity index is 1.42. The Labute approximate surface area is 258 Å². The van der Waals surface area contributed by atoms with Crippen molar-refractivity contribution in [3.05, 3.63) is 48.3 Å². The van der Waals surface area contributed by atoms with Crippen molar-refractivity contribution < 1.29 is 33.8 Å². The van der Waals surface area contributed by atoms with Gasteiger partial charge < -0.3 is 25.4 Å². The van der Waals surface area contributed by atoms with Crippen molar-refractivity contribution >= 4 is 51.5 Å². The van der Waals surface area contributed by atoms with E-state index in [-0.39, 0.29) is 44.3 Å². The molecule has 0 saturated carbocycles. The summed E-state index contributed by atoms with van der Waals surface area (Å²) in [6.07, 6.45) is 2.84. The Kier molecular flexibility index (Phi) is 9.40. The van der Waals surface area contributed by atoms with E-state index in [2.05, 4.69) is 26.5 Å². The Morgan fingerprint density at radius 3 is 2.47 bits per heavy atom. The Hall–Kier alpha value is -5.27. The molecule has 0 unspecified atom stereocenters. The number of carboxylic acids is 1. The highest BCUT2D eigenvalue weighted by molar-refractivity contribution is 5.99. The summed E-state index contributed by atoms with van der Waals surface area (Å²) >= 11 is 0. The second kappa shape index (κ2) is 13.6. The lowest BCUT2D eigenvalue weighted by Crippen LogP contribution is -2.40. The number of methoxy groups -OCH3 is 1. The summed E-state index contributed by atoms with van der Waals surface area (Å²) in [7, 11) is 3.10. The molecule has 45 heavy (non-hydrogen) atoms. The summed E-state index contributed by atoms with van der Waals surface area (Å²) < 4.78 is 7.94. The van der Waals surface area contributed by atoms with Crippen LogP contribution in [0.1, 0.15) is 37.3 Å². The van der Waals surface area contributed by atoms with Crippen molar-refractivity contribution in [2.45, 2.75) is 38.1 Å². The molecule has 1 aliphatic rings. The quantitative estimate of drug-likeness (QED) is 0.211. The molecule has 1 fully saturated rings. The number of nitrogens with one attached hydrogen (secondary N) is 2. The van der Waals surface area contributed by atoms with E-state index in [0.717, 1.165) is 38.6 Å². The van der Waals surface area contributed by atoms with E-state index in [1.165, 1.54) is 7.11 Å². The van der Waals surface area contributed by atoms with Crippen molar-refractivity contribution in [3.8, 4) is 11.1 Å². The minimum Gasteiger partial charge on any atom is -0.481 e. The van der Waals surface area contributed by atoms with Crippen LogP contribution in [0.25, 0.3) is 32.9 Å². The number of hydrogen-bond donors (Lipinski definition) is 3. The van der Waals surface area contributed by atoms with Crippen LogP contribution in [0.5, 0.6) is 0 Å². The monoisotopic (exact) mass is 617 g/mol. The zero-order valence-electron chi connectivity index (χ0n) is 25.1. The van der Waals surface area contributed by atoms with Crippen molar-refractivity contribution in [3.63, 3.8) is 0 Å². The zero-order valence-corrected chi connectivity index (χ0v) is 25.1. The van der Waals surface area contributed by atoms with Gasteiger partial charge in [0.1, 0.15) is 13.1 Å². The van der Waals surface area contributed by atoms with Crippen LogP contribution in [-0.2, 0) is 42.3 Å². The number of piperidine rings is 1. The fourth-order valence-corrected chi connectivity index (χ4v) is 5.67. The van der Waals surface area contributed by atoms with Crippen molar-refractivity contribution in [2.75, 3.05) is 33.3 Å². The van der Waals surface area contributed by atoms with Gasteiger partial charge in [0, 0.05) is 43.2 Å². The zero-order chi connectivity index (χ0) is 32.1. The number of nitrogens with zero attached hydrogens (tertiary/aromatic N) is 5. The number of aromatic nitrogens is 4. The standard InChI is InChI=1S/C31H35N7O7/c1-36-24-14-20(6-7-21(24)15-34-36)22-4-3-5-23-30(22)31(19-10-12-37(13-11-19)27(41)8-9-28(42)43)35-38(23)18-26(40)32-16-25(39)33-17-29(44)45-2/h3-7,14-15,19H,8-13,16-18H2,1-2H3,(H,32,40)(H,33,39)(H,42,43). The SMILES string of the molecule is COC(=O)CNC(=O)CNC(=O)Cn1nc(C2CCN(C(=O)CCC(=O)O)CC2)c2c(-c3ccc4cnn(C)c4c3)cccc21. The number of amides is 3. The highest BCUT2D eigenvalue weighted by Crippen LogP contribution is 2.39. The largest absolute Gasteiger partial charge is 0.481 e. The van der Waals surface area contributed by atoms with Gasteiger partial charge in [0.05, 0.1) is 43.0 Å². The number of carbonyl (C=O) groups is 5. The number of esters is 1. The van der Waals surface area contributed by atoms with Gasteiger partial charge in [-0.15, -0.1) is 0 Å². The highest BCUT2D eigenvalue weighted by atomic mass is 16.5. The summed E-state index contributed by atoms with van der Waals surface area (Å²) in [6.45, 7) is 0.197. The molecule has 3 N–H and O–H groups in total. The van der Waals surface area contributed by atoms with Crippen LogP contribution in [0, 0.1) is 0 Å². The molecule has 2 aromatic heterocycles. The maximum Gasteiger partial charge on any atom is 0.325 e. The van der Waals surface area contributed by atoms with E-state index >= 15 is 0 Å². The molecule has 1 aliphatic heterocycles. The lowest BCUT2D eigenvalue weighted by molar-refractivity contribution is -0.141. The molecule has 14 nitrogen and oxygen atoms in total. The van der Waals surface area contributed by atoms with E-state index in [4.69, 9.17) is 10.2 Å². The number of carboxylic acid groups (broad SMARTS) is 1. The van der Waals surface area contributed by atoms with Crippen molar-refractivity contribution in [1.82, 2.24) is 35.1 Å². The minimum atomic E-state index is -1.00. The average Bonchev–Trinajstić information content (AvgIpc) is 3.61. The molecule has 2 aromatic carbocycles. The van der Waals surface area contributed by atoms with Gasteiger partial charge in [-0.2, -0.15) is 10.2 Å². The van der Waals surface area contributed by atoms with E-state index in [9.17, 15) is 24.0 Å². The molecular formula is C31H35N7O7. The molecule has 4 aromatic rings. The topological polar surface area (TPSA) is 178 Å². The summed E-state index contributed by atoms with van der Waals surface area (Å²) in [4.78, 5) is 61.5. The van der Waals surface area contributed by atoms with Crippen molar-refractivity contribution in [2.24, 2.45) is 7.05 Å². The third-order valence-corrected chi connectivity index (χ3v) is 8.05. The van der Waals surface area contributed by atoms with E-state index in [1.54, 1.807) is 9.58 Å². The highest BCUT2D eigenvalue weighted by Gasteiger charge is 2.29. The molecule has 236 valence electrons. The molecule has 3 amide bonds. The van der Waals surface area contributed by atoms with Gasteiger partial charge >= 0.3 is 11.9 Å². The number of aryl methyl sites for hydroxylation is 1. The van der Waals surface area contributed by atoms with E-state index in [1.807, 2.05) is 48.3 Å². The number of likely N-dealkylation sites (tertiary alicyclic amines) is 1.